The summed E-state index contributed by atoms with van der Waals surface area (Å²) in [5.74, 6) is 0. The SMILES string of the molecule is CN(C)Sc1cccc2cccnc12. The smallest absolute Gasteiger partial charge is 0.0850 e. The van der Waals surface area contributed by atoms with Crippen LogP contribution in [0.25, 0.3) is 10.9 Å². The Balaban J connectivity index is 2.53. The first kappa shape index (κ1) is 9.49. The molecule has 0 radical (unpaired) electrons. The van der Waals surface area contributed by atoms with Crippen LogP contribution >= 0.6 is 11.9 Å². The van der Waals surface area contributed by atoms with Crippen LogP contribution in [0.5, 0.6) is 0 Å². The molecule has 1 aromatic heterocycles. The lowest BCUT2D eigenvalue weighted by Gasteiger charge is -2.09. The number of para-hydroxylation sites is 1. The van der Waals surface area contributed by atoms with Gasteiger partial charge in [0.1, 0.15) is 0 Å². The molecule has 0 amide bonds. The molecule has 72 valence electrons. The van der Waals surface area contributed by atoms with E-state index in [0.29, 0.717) is 0 Å². The zero-order chi connectivity index (χ0) is 9.97. The van der Waals surface area contributed by atoms with Gasteiger partial charge >= 0.3 is 0 Å². The predicted octanol–water partition coefficient (Wildman–Crippen LogP) is 2.80. The minimum absolute atomic E-state index is 1.08. The zero-order valence-electron chi connectivity index (χ0n) is 8.27. The Morgan fingerprint density at radius 1 is 1.14 bits per heavy atom. The molecule has 0 bridgehead atoms. The lowest BCUT2D eigenvalue weighted by molar-refractivity contribution is 0.703. The predicted molar refractivity (Wildman–Crippen MR) is 61.3 cm³/mol. The molecule has 0 N–H and O–H groups in total. The van der Waals surface area contributed by atoms with E-state index in [1.165, 1.54) is 10.3 Å². The third kappa shape index (κ3) is 1.89. The van der Waals surface area contributed by atoms with Crippen molar-refractivity contribution in [2.45, 2.75) is 4.90 Å². The molecule has 0 fully saturated rings. The lowest BCUT2D eigenvalue weighted by atomic mass is 10.2. The maximum atomic E-state index is 4.39. The second-order valence-electron chi connectivity index (χ2n) is 3.23. The summed E-state index contributed by atoms with van der Waals surface area (Å²) in [5.41, 5.74) is 1.08. The lowest BCUT2D eigenvalue weighted by Crippen LogP contribution is -1.99. The Kier molecular flexibility index (Phi) is 2.70. The molecule has 2 rings (SSSR count). The first-order valence-corrected chi connectivity index (χ1v) is 5.24. The van der Waals surface area contributed by atoms with Gasteiger partial charge in [0.05, 0.1) is 5.52 Å². The molecule has 0 aliphatic carbocycles. The normalized spacial score (nSPS) is 11.1. The number of rotatable bonds is 2. The van der Waals surface area contributed by atoms with Crippen LogP contribution in [0.15, 0.2) is 41.4 Å². The Hall–Kier alpha value is -1.06. The van der Waals surface area contributed by atoms with Gasteiger partial charge in [-0.15, -0.1) is 0 Å². The summed E-state index contributed by atoms with van der Waals surface area (Å²) in [6.45, 7) is 0. The number of benzene rings is 1. The molecular formula is C11H12N2S. The summed E-state index contributed by atoms with van der Waals surface area (Å²) < 4.78 is 2.07. The maximum absolute atomic E-state index is 4.39. The Bertz CT molecular complexity index is 435. The first-order chi connectivity index (χ1) is 6.77. The number of hydrogen-bond acceptors (Lipinski definition) is 3. The summed E-state index contributed by atoms with van der Waals surface area (Å²) >= 11 is 1.70. The monoisotopic (exact) mass is 204 g/mol. The van der Waals surface area contributed by atoms with Crippen molar-refractivity contribution in [1.29, 1.82) is 0 Å². The van der Waals surface area contributed by atoms with E-state index in [-0.39, 0.29) is 0 Å². The Morgan fingerprint density at radius 2 is 1.93 bits per heavy atom. The summed E-state index contributed by atoms with van der Waals surface area (Å²) in [7, 11) is 4.07. The van der Waals surface area contributed by atoms with Crippen LogP contribution in [-0.4, -0.2) is 23.4 Å². The van der Waals surface area contributed by atoms with Crippen LogP contribution in [0.2, 0.25) is 0 Å². The van der Waals surface area contributed by atoms with Gasteiger partial charge in [0.25, 0.3) is 0 Å². The fourth-order valence-electron chi connectivity index (χ4n) is 1.35. The number of nitrogens with zero attached hydrogens (tertiary/aromatic N) is 2. The summed E-state index contributed by atoms with van der Waals surface area (Å²) in [4.78, 5) is 5.59. The van der Waals surface area contributed by atoms with Crippen LogP contribution in [0, 0.1) is 0 Å². The average Bonchev–Trinajstić information content (AvgIpc) is 2.18. The maximum Gasteiger partial charge on any atom is 0.0850 e. The highest BCUT2D eigenvalue weighted by Crippen LogP contribution is 2.26. The number of aromatic nitrogens is 1. The van der Waals surface area contributed by atoms with Crippen molar-refractivity contribution >= 4 is 22.9 Å². The molecular weight excluding hydrogens is 192 g/mol. The molecule has 3 heteroatoms. The van der Waals surface area contributed by atoms with Gasteiger partial charge in [-0.1, -0.05) is 18.2 Å². The second-order valence-corrected chi connectivity index (χ2v) is 4.59. The van der Waals surface area contributed by atoms with Gasteiger partial charge in [-0.05, 0) is 38.2 Å². The van der Waals surface area contributed by atoms with Gasteiger partial charge in [-0.25, -0.2) is 0 Å². The van der Waals surface area contributed by atoms with E-state index in [0.717, 1.165) is 5.52 Å². The standard InChI is InChI=1S/C11H12N2S/c1-13(2)14-10-7-3-5-9-6-4-8-12-11(9)10/h3-8H,1-2H3. The molecule has 0 unspecified atom stereocenters. The highest BCUT2D eigenvalue weighted by atomic mass is 32.2. The van der Waals surface area contributed by atoms with Crippen molar-refractivity contribution in [2.24, 2.45) is 0 Å². The summed E-state index contributed by atoms with van der Waals surface area (Å²) in [5, 5.41) is 1.19. The largest absolute Gasteiger partial charge is 0.255 e. The van der Waals surface area contributed by atoms with Crippen LogP contribution < -0.4 is 0 Å². The first-order valence-electron chi connectivity index (χ1n) is 4.46. The minimum Gasteiger partial charge on any atom is -0.255 e. The van der Waals surface area contributed by atoms with Gasteiger partial charge in [0, 0.05) is 16.5 Å². The minimum atomic E-state index is 1.08. The molecule has 0 spiro atoms. The topological polar surface area (TPSA) is 16.1 Å². The van der Waals surface area contributed by atoms with Crippen molar-refractivity contribution in [3.05, 3.63) is 36.5 Å². The van der Waals surface area contributed by atoms with E-state index in [4.69, 9.17) is 0 Å². The second kappa shape index (κ2) is 3.98. The van der Waals surface area contributed by atoms with E-state index in [1.807, 2.05) is 26.4 Å². The van der Waals surface area contributed by atoms with E-state index >= 15 is 0 Å². The van der Waals surface area contributed by atoms with Crippen molar-refractivity contribution < 1.29 is 0 Å². The van der Waals surface area contributed by atoms with Gasteiger partial charge < -0.3 is 0 Å². The fraction of sp³-hybridized carbons (Fsp3) is 0.182. The third-order valence-electron chi connectivity index (χ3n) is 1.88. The van der Waals surface area contributed by atoms with Crippen LogP contribution in [0.4, 0.5) is 0 Å². The van der Waals surface area contributed by atoms with Gasteiger partial charge in [-0.2, -0.15) is 0 Å². The molecule has 0 saturated heterocycles. The molecule has 14 heavy (non-hydrogen) atoms. The number of fused-ring (bicyclic) bond motifs is 1. The molecule has 2 aromatic rings. The van der Waals surface area contributed by atoms with Crippen molar-refractivity contribution in [1.82, 2.24) is 9.29 Å². The summed E-state index contributed by atoms with van der Waals surface area (Å²) in [6.07, 6.45) is 1.84. The molecule has 0 aliphatic heterocycles. The van der Waals surface area contributed by atoms with Gasteiger partial charge in [0.2, 0.25) is 0 Å². The van der Waals surface area contributed by atoms with Crippen LogP contribution in [0.3, 0.4) is 0 Å². The molecule has 0 atom stereocenters. The van der Waals surface area contributed by atoms with E-state index < -0.39 is 0 Å². The fourth-order valence-corrected chi connectivity index (χ4v) is 2.14. The average molecular weight is 204 g/mol. The number of hydrogen-bond donors (Lipinski definition) is 0. The highest BCUT2D eigenvalue weighted by molar-refractivity contribution is 7.97. The quantitative estimate of drug-likeness (QED) is 0.700. The van der Waals surface area contributed by atoms with E-state index in [9.17, 15) is 0 Å². The third-order valence-corrected chi connectivity index (χ3v) is 2.77. The van der Waals surface area contributed by atoms with Crippen LogP contribution in [-0.2, 0) is 0 Å². The Morgan fingerprint density at radius 3 is 2.71 bits per heavy atom. The molecule has 1 aromatic carbocycles. The summed E-state index contributed by atoms with van der Waals surface area (Å²) in [6, 6.07) is 10.3. The van der Waals surface area contributed by atoms with E-state index in [1.54, 1.807) is 11.9 Å². The molecule has 0 aliphatic rings. The van der Waals surface area contributed by atoms with Crippen molar-refractivity contribution in [3.8, 4) is 0 Å². The van der Waals surface area contributed by atoms with Gasteiger partial charge in [0.15, 0.2) is 0 Å². The molecule has 2 nitrogen and oxygen atoms in total. The molecule has 0 saturated carbocycles. The van der Waals surface area contributed by atoms with Crippen molar-refractivity contribution in [3.63, 3.8) is 0 Å². The highest BCUT2D eigenvalue weighted by Gasteiger charge is 2.02. The van der Waals surface area contributed by atoms with Crippen molar-refractivity contribution in [2.75, 3.05) is 14.1 Å². The van der Waals surface area contributed by atoms with Crippen LogP contribution in [0.1, 0.15) is 0 Å². The Labute approximate surface area is 88.1 Å². The number of pyridine rings is 1. The van der Waals surface area contributed by atoms with Gasteiger partial charge in [-0.3, -0.25) is 9.29 Å². The van der Waals surface area contributed by atoms with E-state index in [2.05, 4.69) is 33.6 Å². The molecule has 1 heterocycles. The zero-order valence-corrected chi connectivity index (χ0v) is 9.08.